The number of aromatic nitrogens is 1. The Morgan fingerprint density at radius 2 is 2.20 bits per heavy atom. The summed E-state index contributed by atoms with van der Waals surface area (Å²) in [6, 6.07) is 3.74. The van der Waals surface area contributed by atoms with Gasteiger partial charge in [-0.1, -0.05) is 26.8 Å². The van der Waals surface area contributed by atoms with Gasteiger partial charge in [0, 0.05) is 12.4 Å². The first-order valence-electron chi connectivity index (χ1n) is 7.55. The van der Waals surface area contributed by atoms with Crippen LogP contribution < -0.4 is 0 Å². The second-order valence-corrected chi connectivity index (χ2v) is 7.22. The summed E-state index contributed by atoms with van der Waals surface area (Å²) in [4.78, 5) is 15.9. The molecule has 1 aromatic rings. The van der Waals surface area contributed by atoms with E-state index in [1.54, 1.807) is 12.4 Å². The summed E-state index contributed by atoms with van der Waals surface area (Å²) in [5, 5.41) is 9.70. The first-order valence-corrected chi connectivity index (χ1v) is 7.55. The molecule has 108 valence electrons. The highest BCUT2D eigenvalue weighted by molar-refractivity contribution is 5.76. The number of fused-ring (bicyclic) bond motifs is 2. The van der Waals surface area contributed by atoms with Crippen LogP contribution in [0.5, 0.6) is 0 Å². The zero-order chi connectivity index (χ0) is 14.5. The molecule has 0 saturated heterocycles. The molecule has 0 spiro atoms. The van der Waals surface area contributed by atoms with E-state index in [1.165, 1.54) is 6.42 Å². The number of nitrogens with zero attached hydrogens (tertiary/aromatic N) is 1. The van der Waals surface area contributed by atoms with Crippen LogP contribution in [0.3, 0.4) is 0 Å². The summed E-state index contributed by atoms with van der Waals surface area (Å²) in [6.45, 7) is 6.94. The van der Waals surface area contributed by atoms with E-state index in [1.807, 2.05) is 12.1 Å². The van der Waals surface area contributed by atoms with Gasteiger partial charge >= 0.3 is 5.97 Å². The minimum absolute atomic E-state index is 0.244. The third kappa shape index (κ3) is 1.87. The Hall–Kier alpha value is -1.38. The molecule has 1 unspecified atom stereocenters. The lowest BCUT2D eigenvalue weighted by molar-refractivity contribution is -0.155. The van der Waals surface area contributed by atoms with Crippen LogP contribution in [0.1, 0.15) is 45.1 Å². The summed E-state index contributed by atoms with van der Waals surface area (Å²) in [5.41, 5.74) is 1.25. The minimum Gasteiger partial charge on any atom is -0.481 e. The fraction of sp³-hybridized carbons (Fsp3) is 0.647. The average Bonchev–Trinajstić information content (AvgIpc) is 2.41. The van der Waals surface area contributed by atoms with E-state index in [0.717, 1.165) is 12.0 Å². The van der Waals surface area contributed by atoms with E-state index in [-0.39, 0.29) is 5.92 Å². The van der Waals surface area contributed by atoms with Crippen LogP contribution in [0.4, 0.5) is 0 Å². The third-order valence-corrected chi connectivity index (χ3v) is 6.15. The van der Waals surface area contributed by atoms with E-state index in [9.17, 15) is 9.90 Å². The molecule has 0 radical (unpaired) electrons. The number of carboxylic acids is 1. The molecule has 5 atom stereocenters. The monoisotopic (exact) mass is 273 g/mol. The van der Waals surface area contributed by atoms with Crippen molar-refractivity contribution in [3.63, 3.8) is 0 Å². The quantitative estimate of drug-likeness (QED) is 0.916. The number of carbonyl (C=O) groups is 1. The fourth-order valence-electron chi connectivity index (χ4n) is 4.76. The first kappa shape index (κ1) is 13.6. The van der Waals surface area contributed by atoms with Gasteiger partial charge in [0.25, 0.3) is 0 Å². The highest BCUT2D eigenvalue weighted by atomic mass is 16.4. The van der Waals surface area contributed by atoms with Crippen molar-refractivity contribution in [2.24, 2.45) is 29.1 Å². The topological polar surface area (TPSA) is 50.2 Å². The van der Waals surface area contributed by atoms with E-state index in [4.69, 9.17) is 0 Å². The molecule has 3 heteroatoms. The maximum Gasteiger partial charge on any atom is 0.311 e. The molecule has 3 nitrogen and oxygen atoms in total. The molecule has 20 heavy (non-hydrogen) atoms. The molecule has 3 aliphatic carbocycles. The normalized spacial score (nSPS) is 36.0. The Kier molecular flexibility index (Phi) is 3.11. The van der Waals surface area contributed by atoms with Crippen molar-refractivity contribution < 1.29 is 9.90 Å². The molecule has 3 saturated carbocycles. The van der Waals surface area contributed by atoms with Crippen molar-refractivity contribution in [3.05, 3.63) is 30.1 Å². The third-order valence-electron chi connectivity index (χ3n) is 6.15. The summed E-state index contributed by atoms with van der Waals surface area (Å²) in [6.07, 6.45) is 5.74. The largest absolute Gasteiger partial charge is 0.481 e. The minimum atomic E-state index is -0.700. The van der Waals surface area contributed by atoms with Crippen LogP contribution in [0, 0.1) is 29.1 Å². The van der Waals surface area contributed by atoms with Crippen LogP contribution in [-0.4, -0.2) is 16.1 Å². The number of aliphatic carboxylic acids is 1. The molecule has 1 N–H and O–H groups in total. The van der Waals surface area contributed by atoms with Crippen LogP contribution in [0.25, 0.3) is 0 Å². The lowest BCUT2D eigenvalue weighted by Crippen LogP contribution is -2.56. The molecule has 1 heterocycles. The molecule has 0 aromatic carbocycles. The van der Waals surface area contributed by atoms with Crippen LogP contribution >= 0.6 is 0 Å². The van der Waals surface area contributed by atoms with Gasteiger partial charge in [-0.3, -0.25) is 9.78 Å². The van der Waals surface area contributed by atoms with E-state index in [0.29, 0.717) is 23.2 Å². The van der Waals surface area contributed by atoms with Gasteiger partial charge in [0.2, 0.25) is 0 Å². The second kappa shape index (κ2) is 4.57. The molecule has 1 aromatic heterocycles. The van der Waals surface area contributed by atoms with Gasteiger partial charge < -0.3 is 5.11 Å². The summed E-state index contributed by atoms with van der Waals surface area (Å²) >= 11 is 0. The van der Waals surface area contributed by atoms with Crippen molar-refractivity contribution in [2.45, 2.75) is 39.5 Å². The molecule has 3 fully saturated rings. The smallest absolute Gasteiger partial charge is 0.311 e. The highest BCUT2D eigenvalue weighted by Crippen LogP contribution is 2.64. The van der Waals surface area contributed by atoms with Gasteiger partial charge in [-0.2, -0.15) is 0 Å². The SMILES string of the molecule is C[C@H]1[C@@H](C(C(=O)O)c2cccnc2)C[C@@H]2C[C@@H]1C2(C)C. The van der Waals surface area contributed by atoms with E-state index in [2.05, 4.69) is 25.8 Å². The summed E-state index contributed by atoms with van der Waals surface area (Å²) < 4.78 is 0. The molecular formula is C17H23NO2. The summed E-state index contributed by atoms with van der Waals surface area (Å²) in [5.74, 6) is 0.968. The standard InChI is InChI=1S/C17H23NO2/c1-10-13(7-12-8-14(10)17(12,2)3)15(16(19)20)11-5-4-6-18-9-11/h4-6,9-10,12-15H,7-8H2,1-3H3,(H,19,20)/t10-,12+,13-,14-,15?/m0/s1. The van der Waals surface area contributed by atoms with Gasteiger partial charge in [0.05, 0.1) is 5.92 Å². The predicted octanol–water partition coefficient (Wildman–Crippen LogP) is 3.57. The van der Waals surface area contributed by atoms with Crippen molar-refractivity contribution in [1.29, 1.82) is 0 Å². The molecule has 2 bridgehead atoms. The fourth-order valence-corrected chi connectivity index (χ4v) is 4.76. The van der Waals surface area contributed by atoms with E-state index < -0.39 is 11.9 Å². The number of carboxylic acid groups (broad SMARTS) is 1. The van der Waals surface area contributed by atoms with Gasteiger partial charge in [-0.15, -0.1) is 0 Å². The zero-order valence-electron chi connectivity index (χ0n) is 12.4. The second-order valence-electron chi connectivity index (χ2n) is 7.22. The van der Waals surface area contributed by atoms with Crippen LogP contribution in [-0.2, 0) is 4.79 Å². The number of hydrogen-bond donors (Lipinski definition) is 1. The van der Waals surface area contributed by atoms with Gasteiger partial charge in [-0.05, 0) is 53.6 Å². The van der Waals surface area contributed by atoms with Crippen LogP contribution in [0.15, 0.2) is 24.5 Å². The zero-order valence-corrected chi connectivity index (χ0v) is 12.4. The number of rotatable bonds is 3. The van der Waals surface area contributed by atoms with Gasteiger partial charge in [0.15, 0.2) is 0 Å². The predicted molar refractivity (Wildman–Crippen MR) is 77.3 cm³/mol. The molecule has 4 rings (SSSR count). The van der Waals surface area contributed by atoms with E-state index >= 15 is 0 Å². The highest BCUT2D eigenvalue weighted by Gasteiger charge is 2.58. The lowest BCUT2D eigenvalue weighted by atomic mass is 9.42. The van der Waals surface area contributed by atoms with Crippen molar-refractivity contribution in [2.75, 3.05) is 0 Å². The Bertz CT molecular complexity index is 511. The number of pyridine rings is 1. The molecule has 3 aliphatic rings. The summed E-state index contributed by atoms with van der Waals surface area (Å²) in [7, 11) is 0. The van der Waals surface area contributed by atoms with Gasteiger partial charge in [-0.25, -0.2) is 0 Å². The molecule has 0 aliphatic heterocycles. The Morgan fingerprint density at radius 1 is 1.45 bits per heavy atom. The first-order chi connectivity index (χ1) is 9.43. The average molecular weight is 273 g/mol. The maximum absolute atomic E-state index is 11.8. The Balaban J connectivity index is 1.89. The maximum atomic E-state index is 11.8. The Morgan fingerprint density at radius 3 is 2.70 bits per heavy atom. The van der Waals surface area contributed by atoms with Gasteiger partial charge in [0.1, 0.15) is 0 Å². The van der Waals surface area contributed by atoms with Crippen molar-refractivity contribution >= 4 is 5.97 Å². The van der Waals surface area contributed by atoms with Crippen molar-refractivity contribution in [1.82, 2.24) is 4.98 Å². The van der Waals surface area contributed by atoms with Crippen molar-refractivity contribution in [3.8, 4) is 0 Å². The molecular weight excluding hydrogens is 250 g/mol. The number of hydrogen-bond acceptors (Lipinski definition) is 2. The van der Waals surface area contributed by atoms with Crippen LogP contribution in [0.2, 0.25) is 0 Å². The molecule has 0 amide bonds. The Labute approximate surface area is 120 Å². The lowest BCUT2D eigenvalue weighted by Gasteiger charge is -2.63.